The van der Waals surface area contributed by atoms with Crippen LogP contribution in [0.15, 0.2) is 24.3 Å². The van der Waals surface area contributed by atoms with Crippen molar-refractivity contribution in [2.45, 2.75) is 65.1 Å². The van der Waals surface area contributed by atoms with Crippen molar-refractivity contribution in [3.8, 4) is 5.75 Å². The molecule has 1 aromatic rings. The molecular weight excluding hydrogens is 325 g/mol. The Morgan fingerprint density at radius 1 is 1.12 bits per heavy atom. The van der Waals surface area contributed by atoms with Crippen LogP contribution in [0, 0.1) is 5.92 Å². The lowest BCUT2D eigenvalue weighted by Gasteiger charge is -2.32. The molecule has 1 saturated heterocycles. The normalized spacial score (nSPS) is 21.4. The first-order valence-corrected chi connectivity index (χ1v) is 10.1. The number of benzene rings is 1. The summed E-state index contributed by atoms with van der Waals surface area (Å²) in [7, 11) is -0.338. The van der Waals surface area contributed by atoms with Crippen molar-refractivity contribution in [1.29, 1.82) is 0 Å². The van der Waals surface area contributed by atoms with Gasteiger partial charge in [-0.15, -0.1) is 0 Å². The van der Waals surface area contributed by atoms with Crippen molar-refractivity contribution < 1.29 is 14.0 Å². The van der Waals surface area contributed by atoms with E-state index in [0.717, 1.165) is 36.8 Å². The molecule has 2 aliphatic rings. The Kier molecular flexibility index (Phi) is 6.00. The van der Waals surface area contributed by atoms with Gasteiger partial charge < -0.3 is 14.0 Å². The molecule has 1 aromatic carbocycles. The molecule has 3 rings (SSSR count). The summed E-state index contributed by atoms with van der Waals surface area (Å²) in [5.74, 6) is 1.81. The lowest BCUT2D eigenvalue weighted by molar-refractivity contribution is 0.00578. The average Bonchev–Trinajstić information content (AvgIpc) is 3.34. The molecule has 0 bridgehead atoms. The second-order valence-corrected chi connectivity index (χ2v) is 8.75. The quantitative estimate of drug-likeness (QED) is 0.632. The van der Waals surface area contributed by atoms with Gasteiger partial charge in [-0.3, -0.25) is 4.90 Å². The molecule has 2 fully saturated rings. The Morgan fingerprint density at radius 2 is 1.81 bits per heavy atom. The van der Waals surface area contributed by atoms with Crippen LogP contribution in [0.3, 0.4) is 0 Å². The molecule has 0 unspecified atom stereocenters. The summed E-state index contributed by atoms with van der Waals surface area (Å²) >= 11 is 0. The van der Waals surface area contributed by atoms with Gasteiger partial charge >= 0.3 is 7.12 Å². The zero-order valence-electron chi connectivity index (χ0n) is 17.1. The van der Waals surface area contributed by atoms with Gasteiger partial charge in [-0.05, 0) is 77.0 Å². The first-order valence-electron chi connectivity index (χ1n) is 10.1. The van der Waals surface area contributed by atoms with Crippen molar-refractivity contribution in [2.24, 2.45) is 5.92 Å². The maximum absolute atomic E-state index is 6.14. The minimum absolute atomic E-state index is 0.321. The maximum atomic E-state index is 6.14. The summed E-state index contributed by atoms with van der Waals surface area (Å²) in [5, 5.41) is 0. The summed E-state index contributed by atoms with van der Waals surface area (Å²) < 4.78 is 18.3. The van der Waals surface area contributed by atoms with Crippen LogP contribution in [0.4, 0.5) is 0 Å². The van der Waals surface area contributed by atoms with E-state index in [4.69, 9.17) is 14.0 Å². The van der Waals surface area contributed by atoms with Gasteiger partial charge in [-0.2, -0.15) is 0 Å². The molecular formula is C21H34BNO3. The van der Waals surface area contributed by atoms with Gasteiger partial charge in [-0.1, -0.05) is 19.1 Å². The molecule has 0 amide bonds. The molecule has 0 N–H and O–H groups in total. The Bertz CT molecular complexity index is 585. The van der Waals surface area contributed by atoms with Crippen LogP contribution in [-0.4, -0.2) is 49.5 Å². The lowest BCUT2D eigenvalue weighted by atomic mass is 9.79. The molecule has 4 nitrogen and oxygen atoms in total. The number of hydrogen-bond acceptors (Lipinski definition) is 4. The smallest absolute Gasteiger partial charge is 0.492 e. The van der Waals surface area contributed by atoms with Crippen molar-refractivity contribution in [3.05, 3.63) is 24.3 Å². The zero-order chi connectivity index (χ0) is 18.8. The second-order valence-electron chi connectivity index (χ2n) is 8.75. The summed E-state index contributed by atoms with van der Waals surface area (Å²) in [6, 6.07) is 8.13. The topological polar surface area (TPSA) is 30.9 Å². The second kappa shape index (κ2) is 7.91. The first-order chi connectivity index (χ1) is 12.3. The highest BCUT2D eigenvalue weighted by Crippen LogP contribution is 2.36. The fraction of sp³-hybridized carbons (Fsp3) is 0.714. The van der Waals surface area contributed by atoms with Crippen LogP contribution in [0.2, 0.25) is 0 Å². The van der Waals surface area contributed by atoms with Crippen LogP contribution in [-0.2, 0) is 9.31 Å². The number of rotatable bonds is 9. The average molecular weight is 359 g/mol. The monoisotopic (exact) mass is 359 g/mol. The Labute approximate surface area is 159 Å². The van der Waals surface area contributed by atoms with E-state index in [1.54, 1.807) is 0 Å². The Hall–Kier alpha value is -1.04. The lowest BCUT2D eigenvalue weighted by Crippen LogP contribution is -2.41. The Balaban J connectivity index is 1.54. The summed E-state index contributed by atoms with van der Waals surface area (Å²) in [6.45, 7) is 14.7. The van der Waals surface area contributed by atoms with Gasteiger partial charge in [0.05, 0.1) is 11.2 Å². The van der Waals surface area contributed by atoms with Gasteiger partial charge in [0.2, 0.25) is 0 Å². The van der Waals surface area contributed by atoms with Gasteiger partial charge in [0.15, 0.2) is 0 Å². The third kappa shape index (κ3) is 4.82. The summed E-state index contributed by atoms with van der Waals surface area (Å²) in [6.07, 6.45) is 4.00. The van der Waals surface area contributed by atoms with Crippen LogP contribution < -0.4 is 10.2 Å². The first kappa shape index (κ1) is 19.7. The molecule has 1 aliphatic carbocycles. The molecule has 144 valence electrons. The molecule has 0 aromatic heterocycles. The van der Waals surface area contributed by atoms with E-state index in [1.165, 1.54) is 25.8 Å². The minimum atomic E-state index is -0.338. The van der Waals surface area contributed by atoms with Crippen molar-refractivity contribution in [3.63, 3.8) is 0 Å². The predicted molar refractivity (Wildman–Crippen MR) is 107 cm³/mol. The highest BCUT2D eigenvalue weighted by molar-refractivity contribution is 6.62. The molecule has 1 saturated carbocycles. The minimum Gasteiger partial charge on any atom is -0.492 e. The fourth-order valence-electron chi connectivity index (χ4n) is 3.30. The van der Waals surface area contributed by atoms with Gasteiger partial charge in [0, 0.05) is 13.1 Å². The van der Waals surface area contributed by atoms with E-state index in [0.29, 0.717) is 0 Å². The standard InChI is InChI=1S/C21H34BNO3/c1-6-12-23(16-17-10-11-17)13-14-24-19-9-7-8-18(15-19)22-25-20(2,3)21(4,5)26-22/h7-9,15,17H,6,10-14,16H2,1-5H3. The predicted octanol–water partition coefficient (Wildman–Crippen LogP) is 3.49. The third-order valence-corrected chi connectivity index (χ3v) is 5.81. The van der Waals surface area contributed by atoms with E-state index < -0.39 is 0 Å². The third-order valence-electron chi connectivity index (χ3n) is 5.81. The largest absolute Gasteiger partial charge is 0.494 e. The highest BCUT2D eigenvalue weighted by Gasteiger charge is 2.51. The zero-order valence-corrected chi connectivity index (χ0v) is 17.1. The summed E-state index contributed by atoms with van der Waals surface area (Å²) in [5.41, 5.74) is 0.375. The number of hydrogen-bond donors (Lipinski definition) is 0. The highest BCUT2D eigenvalue weighted by atomic mass is 16.7. The van der Waals surface area contributed by atoms with Crippen molar-refractivity contribution >= 4 is 12.6 Å². The fourth-order valence-corrected chi connectivity index (χ4v) is 3.30. The van der Waals surface area contributed by atoms with Crippen LogP contribution >= 0.6 is 0 Å². The van der Waals surface area contributed by atoms with E-state index >= 15 is 0 Å². The van der Waals surface area contributed by atoms with Crippen molar-refractivity contribution in [2.75, 3.05) is 26.2 Å². The van der Waals surface area contributed by atoms with Crippen molar-refractivity contribution in [1.82, 2.24) is 4.90 Å². The van der Waals surface area contributed by atoms with Gasteiger partial charge in [-0.25, -0.2) is 0 Å². The summed E-state index contributed by atoms with van der Waals surface area (Å²) in [4.78, 5) is 2.54. The number of nitrogens with zero attached hydrogens (tertiary/aromatic N) is 1. The van der Waals surface area contributed by atoms with Crippen LogP contribution in [0.1, 0.15) is 53.9 Å². The van der Waals surface area contributed by atoms with E-state index in [-0.39, 0.29) is 18.3 Å². The molecule has 26 heavy (non-hydrogen) atoms. The van der Waals surface area contributed by atoms with E-state index in [2.05, 4.69) is 39.5 Å². The van der Waals surface area contributed by atoms with Gasteiger partial charge in [0.25, 0.3) is 0 Å². The maximum Gasteiger partial charge on any atom is 0.494 e. The SMILES string of the molecule is CCCN(CCOc1cccc(B2OC(C)(C)C(C)(C)O2)c1)CC1CC1. The number of ether oxygens (including phenoxy) is 1. The van der Waals surface area contributed by atoms with Crippen LogP contribution in [0.25, 0.3) is 0 Å². The molecule has 0 atom stereocenters. The Morgan fingerprint density at radius 3 is 2.42 bits per heavy atom. The molecule has 0 radical (unpaired) electrons. The molecule has 1 aliphatic heterocycles. The van der Waals surface area contributed by atoms with Crippen LogP contribution in [0.5, 0.6) is 5.75 Å². The molecule has 0 spiro atoms. The molecule has 1 heterocycles. The van der Waals surface area contributed by atoms with Gasteiger partial charge in [0.1, 0.15) is 12.4 Å². The molecule has 5 heteroatoms. The van der Waals surface area contributed by atoms with E-state index in [1.807, 2.05) is 24.3 Å². The van der Waals surface area contributed by atoms with E-state index in [9.17, 15) is 0 Å².